The van der Waals surface area contributed by atoms with Crippen LogP contribution in [0.1, 0.15) is 38.3 Å². The fourth-order valence-electron chi connectivity index (χ4n) is 5.04. The number of hydrogen-bond donors (Lipinski definition) is 1. The van der Waals surface area contributed by atoms with Gasteiger partial charge in [0.25, 0.3) is 0 Å². The van der Waals surface area contributed by atoms with Gasteiger partial charge in [-0.3, -0.25) is 25.1 Å². The van der Waals surface area contributed by atoms with Crippen LogP contribution in [0.15, 0.2) is 35.6 Å². The van der Waals surface area contributed by atoms with Crippen molar-refractivity contribution < 1.29 is 9.18 Å². The Morgan fingerprint density at radius 2 is 2.03 bits per heavy atom. The van der Waals surface area contributed by atoms with Crippen molar-refractivity contribution in [3.05, 3.63) is 36.3 Å². The third kappa shape index (κ3) is 3.78. The third-order valence-electron chi connectivity index (χ3n) is 6.71. The number of alkyl halides is 1. The van der Waals surface area contributed by atoms with Gasteiger partial charge in [-0.1, -0.05) is 6.92 Å². The Hall–Kier alpha value is -2.55. The van der Waals surface area contributed by atoms with Crippen molar-refractivity contribution in [3.8, 4) is 0 Å². The molecule has 1 N–H and O–H groups in total. The number of fused-ring (bicyclic) bond motifs is 1. The summed E-state index contributed by atoms with van der Waals surface area (Å²) in [6, 6.07) is 0.168. The van der Waals surface area contributed by atoms with Crippen LogP contribution in [0.2, 0.25) is 0 Å². The molecule has 2 unspecified atom stereocenters. The first-order valence-electron chi connectivity index (χ1n) is 10.8. The smallest absolute Gasteiger partial charge is 0.329 e. The second-order valence-electron chi connectivity index (χ2n) is 8.88. The molecule has 0 bridgehead atoms. The predicted molar refractivity (Wildman–Crippen MR) is 110 cm³/mol. The van der Waals surface area contributed by atoms with Gasteiger partial charge in [0.15, 0.2) is 5.82 Å². The van der Waals surface area contributed by atoms with Crippen LogP contribution in [0.25, 0.3) is 0 Å². The number of carbonyl (C=O) groups excluding carboxylic acids is 1. The van der Waals surface area contributed by atoms with Crippen molar-refractivity contribution in [2.24, 2.45) is 16.8 Å². The summed E-state index contributed by atoms with van der Waals surface area (Å²) in [6.07, 6.45) is 9.35. The summed E-state index contributed by atoms with van der Waals surface area (Å²) in [5.41, 5.74) is 0.947. The van der Waals surface area contributed by atoms with E-state index in [1.807, 2.05) is 6.20 Å². The molecule has 5 rings (SSSR count). The lowest BCUT2D eigenvalue weighted by atomic mass is 9.93. The third-order valence-corrected chi connectivity index (χ3v) is 6.71. The monoisotopic (exact) mass is 413 g/mol. The van der Waals surface area contributed by atoms with Crippen LogP contribution < -0.4 is 5.32 Å². The maximum absolute atomic E-state index is 13.5. The molecule has 30 heavy (non-hydrogen) atoms. The second kappa shape index (κ2) is 7.94. The van der Waals surface area contributed by atoms with E-state index < -0.39 is 6.17 Å². The normalized spacial score (nSPS) is 32.0. The Kier molecular flexibility index (Phi) is 5.14. The van der Waals surface area contributed by atoms with E-state index in [2.05, 4.69) is 32.0 Å². The number of nitrogens with one attached hydrogen (secondary N) is 1. The van der Waals surface area contributed by atoms with Gasteiger partial charge in [0.05, 0.1) is 5.69 Å². The van der Waals surface area contributed by atoms with Crippen molar-refractivity contribution in [1.29, 1.82) is 0 Å². The molecule has 8 nitrogen and oxygen atoms in total. The molecular formula is C21H28FN7O. The SMILES string of the molecule is CC1CN(Cc2cnccn2)CC1C1=NC2=CN(C3CCC(F)CC3)CN2C(=O)N1. The van der Waals surface area contributed by atoms with Crippen molar-refractivity contribution in [3.63, 3.8) is 0 Å². The molecule has 1 saturated carbocycles. The number of halogens is 1. The van der Waals surface area contributed by atoms with E-state index in [0.717, 1.165) is 44.0 Å². The van der Waals surface area contributed by atoms with Gasteiger partial charge in [-0.2, -0.15) is 0 Å². The first-order valence-corrected chi connectivity index (χ1v) is 10.8. The van der Waals surface area contributed by atoms with Crippen LogP contribution in [0.4, 0.5) is 9.18 Å². The number of likely N-dealkylation sites (tertiary alicyclic amines) is 1. The van der Waals surface area contributed by atoms with Gasteiger partial charge < -0.3 is 4.90 Å². The molecule has 9 heteroatoms. The molecule has 1 aromatic heterocycles. The molecule has 0 spiro atoms. The lowest BCUT2D eigenvalue weighted by molar-refractivity contribution is 0.138. The number of carbonyl (C=O) groups is 1. The number of amidine groups is 1. The summed E-state index contributed by atoms with van der Waals surface area (Å²) in [5.74, 6) is 2.01. The Bertz CT molecular complexity index is 852. The minimum Gasteiger partial charge on any atom is -0.353 e. The number of aromatic nitrogens is 2. The summed E-state index contributed by atoms with van der Waals surface area (Å²) >= 11 is 0. The first kappa shape index (κ1) is 19.4. The molecule has 1 aromatic rings. The highest BCUT2D eigenvalue weighted by molar-refractivity contribution is 6.02. The lowest BCUT2D eigenvalue weighted by Crippen LogP contribution is -2.50. The van der Waals surface area contributed by atoms with Crippen LogP contribution >= 0.6 is 0 Å². The van der Waals surface area contributed by atoms with E-state index in [0.29, 0.717) is 31.2 Å². The van der Waals surface area contributed by atoms with Gasteiger partial charge in [0, 0.05) is 56.4 Å². The van der Waals surface area contributed by atoms with Gasteiger partial charge in [0.1, 0.15) is 18.7 Å². The Balaban J connectivity index is 1.28. The topological polar surface area (TPSA) is 77.0 Å². The quantitative estimate of drug-likeness (QED) is 0.820. The van der Waals surface area contributed by atoms with Crippen LogP contribution in [0.5, 0.6) is 0 Å². The molecule has 2 amide bonds. The van der Waals surface area contributed by atoms with E-state index in [4.69, 9.17) is 4.99 Å². The summed E-state index contributed by atoms with van der Waals surface area (Å²) in [7, 11) is 0. The first-order chi connectivity index (χ1) is 14.6. The average molecular weight is 414 g/mol. The van der Waals surface area contributed by atoms with Gasteiger partial charge >= 0.3 is 6.03 Å². The van der Waals surface area contributed by atoms with E-state index in [1.165, 1.54) is 0 Å². The van der Waals surface area contributed by atoms with Gasteiger partial charge in [-0.05, 0) is 31.6 Å². The zero-order valence-electron chi connectivity index (χ0n) is 17.2. The van der Waals surface area contributed by atoms with E-state index in [9.17, 15) is 9.18 Å². The molecule has 0 aromatic carbocycles. The largest absolute Gasteiger partial charge is 0.353 e. The van der Waals surface area contributed by atoms with Crippen LogP contribution in [-0.2, 0) is 6.54 Å². The maximum Gasteiger partial charge on any atom is 0.329 e. The molecule has 2 atom stereocenters. The van der Waals surface area contributed by atoms with Crippen LogP contribution in [0, 0.1) is 11.8 Å². The van der Waals surface area contributed by atoms with E-state index in [-0.39, 0.29) is 18.0 Å². The maximum atomic E-state index is 13.5. The Labute approximate surface area is 175 Å². The molecule has 160 valence electrons. The molecule has 2 fully saturated rings. The fourth-order valence-corrected chi connectivity index (χ4v) is 5.04. The average Bonchev–Trinajstić information content (AvgIpc) is 3.33. The Morgan fingerprint density at radius 3 is 2.80 bits per heavy atom. The highest BCUT2D eigenvalue weighted by Crippen LogP contribution is 2.32. The number of amides is 2. The van der Waals surface area contributed by atoms with Gasteiger partial charge in [-0.15, -0.1) is 0 Å². The predicted octanol–water partition coefficient (Wildman–Crippen LogP) is 2.32. The number of nitrogens with zero attached hydrogens (tertiary/aromatic N) is 6. The highest BCUT2D eigenvalue weighted by Gasteiger charge is 2.40. The lowest BCUT2D eigenvalue weighted by Gasteiger charge is -2.33. The molecule has 0 radical (unpaired) electrons. The summed E-state index contributed by atoms with van der Waals surface area (Å²) in [5, 5.41) is 3.03. The summed E-state index contributed by atoms with van der Waals surface area (Å²) < 4.78 is 13.5. The number of rotatable bonds is 4. The number of aliphatic imine (C=N–C) groups is 1. The van der Waals surface area contributed by atoms with Crippen molar-refractivity contribution in [2.75, 3.05) is 19.8 Å². The molecule has 4 heterocycles. The molecule has 1 saturated heterocycles. The molecule has 1 aliphatic carbocycles. The number of hydrogen-bond acceptors (Lipinski definition) is 6. The minimum absolute atomic E-state index is 0.118. The molecule has 3 aliphatic heterocycles. The summed E-state index contributed by atoms with van der Waals surface area (Å²) in [6.45, 7) is 5.20. The number of urea groups is 1. The van der Waals surface area contributed by atoms with E-state index >= 15 is 0 Å². The van der Waals surface area contributed by atoms with Crippen LogP contribution in [0.3, 0.4) is 0 Å². The zero-order chi connectivity index (χ0) is 20.7. The van der Waals surface area contributed by atoms with Gasteiger partial charge in [-0.25, -0.2) is 14.2 Å². The molecular weight excluding hydrogens is 385 g/mol. The van der Waals surface area contributed by atoms with Crippen molar-refractivity contribution in [1.82, 2.24) is 30.0 Å². The van der Waals surface area contributed by atoms with Crippen molar-refractivity contribution >= 4 is 11.9 Å². The minimum atomic E-state index is -0.680. The zero-order valence-corrected chi connectivity index (χ0v) is 17.2. The van der Waals surface area contributed by atoms with Gasteiger partial charge in [0.2, 0.25) is 0 Å². The fraction of sp³-hybridized carbons (Fsp3) is 0.619. The van der Waals surface area contributed by atoms with E-state index in [1.54, 1.807) is 23.5 Å². The molecule has 4 aliphatic rings. The Morgan fingerprint density at radius 1 is 1.20 bits per heavy atom. The van der Waals surface area contributed by atoms with Crippen molar-refractivity contribution in [2.45, 2.75) is 51.4 Å². The summed E-state index contributed by atoms with van der Waals surface area (Å²) in [4.78, 5) is 32.3. The van der Waals surface area contributed by atoms with Crippen LogP contribution in [-0.4, -0.2) is 68.5 Å². The highest BCUT2D eigenvalue weighted by atomic mass is 19.1. The second-order valence-corrected chi connectivity index (χ2v) is 8.88. The standard InChI is InChI=1S/C21H28FN7O/c1-14-9-27(10-16-8-23-6-7-24-16)11-18(14)20-25-19-12-28(13-29(19)21(30)26-20)17-4-2-15(22)3-5-17/h6-8,12,14-15,17-18H,2-5,9-11,13H2,1H3,(H,25,26,30).